The lowest BCUT2D eigenvalue weighted by atomic mass is 10.5. The molecule has 0 aliphatic carbocycles. The van der Waals surface area contributed by atoms with Gasteiger partial charge in [-0.05, 0) is 0 Å². The SMILES string of the molecule is C=C(NN)C(=O)O. The van der Waals surface area contributed by atoms with Crippen molar-refractivity contribution in [2.24, 2.45) is 5.84 Å². The molecule has 4 nitrogen and oxygen atoms in total. The number of nitrogens with one attached hydrogen (secondary N) is 1. The molecule has 0 radical (unpaired) electrons. The van der Waals surface area contributed by atoms with E-state index in [2.05, 4.69) is 12.4 Å². The van der Waals surface area contributed by atoms with Gasteiger partial charge in [-0.2, -0.15) is 0 Å². The van der Waals surface area contributed by atoms with Gasteiger partial charge in [0.15, 0.2) is 0 Å². The Morgan fingerprint density at radius 3 is 2.29 bits per heavy atom. The third-order valence-corrected chi connectivity index (χ3v) is 0.432. The highest BCUT2D eigenvalue weighted by Gasteiger charge is 1.96. The van der Waals surface area contributed by atoms with E-state index >= 15 is 0 Å². The highest BCUT2D eigenvalue weighted by molar-refractivity contribution is 5.84. The van der Waals surface area contributed by atoms with Gasteiger partial charge in [0.25, 0.3) is 0 Å². The van der Waals surface area contributed by atoms with E-state index in [-0.39, 0.29) is 5.70 Å². The minimum atomic E-state index is -1.14. The molecule has 4 heteroatoms. The summed E-state index contributed by atoms with van der Waals surface area (Å²) in [7, 11) is 0. The molecule has 0 unspecified atom stereocenters. The molecule has 0 spiro atoms. The third-order valence-electron chi connectivity index (χ3n) is 0.432. The number of carbonyl (C=O) groups is 1. The number of carboxylic acids is 1. The van der Waals surface area contributed by atoms with Gasteiger partial charge in [-0.3, -0.25) is 5.84 Å². The van der Waals surface area contributed by atoms with Crippen LogP contribution in [0.25, 0.3) is 0 Å². The second-order valence-corrected chi connectivity index (χ2v) is 0.928. The zero-order chi connectivity index (χ0) is 5.86. The first kappa shape index (κ1) is 5.97. The topological polar surface area (TPSA) is 75.3 Å². The zero-order valence-electron chi connectivity index (χ0n) is 3.64. The largest absolute Gasteiger partial charge is 0.477 e. The van der Waals surface area contributed by atoms with Crippen molar-refractivity contribution in [1.82, 2.24) is 5.43 Å². The molecule has 0 saturated carbocycles. The quantitative estimate of drug-likeness (QED) is 0.238. The number of hydrazine groups is 1. The molecule has 7 heavy (non-hydrogen) atoms. The normalized spacial score (nSPS) is 7.57. The molecule has 0 saturated heterocycles. The van der Waals surface area contributed by atoms with Crippen LogP contribution in [0.1, 0.15) is 0 Å². The fourth-order valence-corrected chi connectivity index (χ4v) is 0.0617. The lowest BCUT2D eigenvalue weighted by molar-refractivity contribution is -0.133. The number of hydrogen-bond donors (Lipinski definition) is 3. The molecule has 0 amide bonds. The molecule has 4 N–H and O–H groups in total. The molecular formula is C3H6N2O2. The van der Waals surface area contributed by atoms with E-state index in [0.29, 0.717) is 0 Å². The minimum absolute atomic E-state index is 0.208. The fraction of sp³-hybridized carbons (Fsp3) is 0. The van der Waals surface area contributed by atoms with Crippen LogP contribution in [0, 0.1) is 0 Å². The maximum absolute atomic E-state index is 9.69. The van der Waals surface area contributed by atoms with Crippen LogP contribution >= 0.6 is 0 Å². The van der Waals surface area contributed by atoms with E-state index in [9.17, 15) is 4.79 Å². The number of carboxylic acid groups (broad SMARTS) is 1. The van der Waals surface area contributed by atoms with E-state index in [0.717, 1.165) is 0 Å². The maximum atomic E-state index is 9.69. The van der Waals surface area contributed by atoms with Crippen molar-refractivity contribution in [2.45, 2.75) is 0 Å². The van der Waals surface area contributed by atoms with Gasteiger partial charge in [-0.1, -0.05) is 6.58 Å². The average Bonchev–Trinajstić information content (AvgIpc) is 1.65. The summed E-state index contributed by atoms with van der Waals surface area (Å²) in [6.07, 6.45) is 0. The summed E-state index contributed by atoms with van der Waals surface area (Å²) in [5.41, 5.74) is 1.66. The van der Waals surface area contributed by atoms with Crippen molar-refractivity contribution >= 4 is 5.97 Å². The van der Waals surface area contributed by atoms with Gasteiger partial charge in [0.1, 0.15) is 5.70 Å². The molecular weight excluding hydrogens is 96.0 g/mol. The molecule has 0 atom stereocenters. The Morgan fingerprint density at radius 2 is 2.29 bits per heavy atom. The van der Waals surface area contributed by atoms with E-state index in [4.69, 9.17) is 5.11 Å². The van der Waals surface area contributed by atoms with Gasteiger partial charge in [0, 0.05) is 0 Å². The molecule has 0 aromatic rings. The van der Waals surface area contributed by atoms with Crippen LogP contribution in [-0.4, -0.2) is 11.1 Å². The summed E-state index contributed by atoms with van der Waals surface area (Å²) in [6, 6.07) is 0. The Hall–Kier alpha value is -1.03. The number of rotatable bonds is 2. The van der Waals surface area contributed by atoms with E-state index in [1.54, 1.807) is 0 Å². The molecule has 0 aromatic heterocycles. The highest BCUT2D eigenvalue weighted by Crippen LogP contribution is 1.74. The van der Waals surface area contributed by atoms with Crippen LogP contribution in [0.5, 0.6) is 0 Å². The summed E-state index contributed by atoms with van der Waals surface area (Å²) in [6.45, 7) is 3.04. The zero-order valence-corrected chi connectivity index (χ0v) is 3.64. The molecule has 0 aliphatic heterocycles. The van der Waals surface area contributed by atoms with Crippen LogP contribution in [0.2, 0.25) is 0 Å². The van der Waals surface area contributed by atoms with Crippen LogP contribution in [-0.2, 0) is 4.79 Å². The summed E-state index contributed by atoms with van der Waals surface area (Å²) >= 11 is 0. The van der Waals surface area contributed by atoms with Gasteiger partial charge in [-0.25, -0.2) is 4.79 Å². The first-order chi connectivity index (χ1) is 3.18. The minimum Gasteiger partial charge on any atom is -0.477 e. The predicted molar refractivity (Wildman–Crippen MR) is 24.1 cm³/mol. The maximum Gasteiger partial charge on any atom is 0.352 e. The lowest BCUT2D eigenvalue weighted by Gasteiger charge is -1.92. The molecule has 0 rings (SSSR count). The highest BCUT2D eigenvalue weighted by atomic mass is 16.4. The molecule has 0 bridgehead atoms. The van der Waals surface area contributed by atoms with Crippen molar-refractivity contribution < 1.29 is 9.90 Å². The van der Waals surface area contributed by atoms with E-state index < -0.39 is 5.97 Å². The summed E-state index contributed by atoms with van der Waals surface area (Å²) in [5, 5.41) is 7.94. The van der Waals surface area contributed by atoms with Gasteiger partial charge in [0.2, 0.25) is 0 Å². The van der Waals surface area contributed by atoms with Crippen molar-refractivity contribution in [1.29, 1.82) is 0 Å². The van der Waals surface area contributed by atoms with Crippen LogP contribution in [0.4, 0.5) is 0 Å². The van der Waals surface area contributed by atoms with E-state index in [1.165, 1.54) is 0 Å². The smallest absolute Gasteiger partial charge is 0.352 e. The third kappa shape index (κ3) is 1.77. The first-order valence-electron chi connectivity index (χ1n) is 1.57. The van der Waals surface area contributed by atoms with Crippen LogP contribution < -0.4 is 11.3 Å². The average molecular weight is 102 g/mol. The van der Waals surface area contributed by atoms with Crippen LogP contribution in [0.15, 0.2) is 12.3 Å². The second-order valence-electron chi connectivity index (χ2n) is 0.928. The van der Waals surface area contributed by atoms with Crippen molar-refractivity contribution in [2.75, 3.05) is 0 Å². The Balaban J connectivity index is 3.58. The Labute approximate surface area is 40.6 Å². The van der Waals surface area contributed by atoms with Gasteiger partial charge in [0.05, 0.1) is 0 Å². The predicted octanol–water partition coefficient (Wildman–Crippen LogP) is -0.952. The number of aliphatic carboxylic acids is 1. The molecule has 40 valence electrons. The van der Waals surface area contributed by atoms with E-state index in [1.807, 2.05) is 5.43 Å². The number of hydrogen-bond acceptors (Lipinski definition) is 3. The van der Waals surface area contributed by atoms with Gasteiger partial charge < -0.3 is 10.5 Å². The molecule has 0 aliphatic rings. The Bertz CT molecular complexity index is 99.1. The summed E-state index contributed by atoms with van der Waals surface area (Å²) in [5.74, 6) is 3.51. The van der Waals surface area contributed by atoms with Crippen molar-refractivity contribution in [3.05, 3.63) is 12.3 Å². The van der Waals surface area contributed by atoms with Crippen molar-refractivity contribution in [3.63, 3.8) is 0 Å². The standard InChI is InChI=1S/C3H6N2O2/c1-2(5-4)3(6)7/h5H,1,4H2,(H,6,7). The molecule has 0 fully saturated rings. The van der Waals surface area contributed by atoms with Crippen molar-refractivity contribution in [3.8, 4) is 0 Å². The Kier molecular flexibility index (Phi) is 1.87. The summed E-state index contributed by atoms with van der Waals surface area (Å²) in [4.78, 5) is 9.69. The molecule has 0 aromatic carbocycles. The first-order valence-corrected chi connectivity index (χ1v) is 1.57. The Morgan fingerprint density at radius 1 is 1.86 bits per heavy atom. The lowest BCUT2D eigenvalue weighted by Crippen LogP contribution is -2.25. The second kappa shape index (κ2) is 2.20. The molecule has 0 heterocycles. The van der Waals surface area contributed by atoms with Gasteiger partial charge in [-0.15, -0.1) is 0 Å². The van der Waals surface area contributed by atoms with Crippen LogP contribution in [0.3, 0.4) is 0 Å². The monoisotopic (exact) mass is 102 g/mol. The number of nitrogens with two attached hydrogens (primary N) is 1. The fourth-order valence-electron chi connectivity index (χ4n) is 0.0617. The summed E-state index contributed by atoms with van der Waals surface area (Å²) < 4.78 is 0. The van der Waals surface area contributed by atoms with Gasteiger partial charge >= 0.3 is 5.97 Å².